The third kappa shape index (κ3) is 4.43. The molecule has 1 aliphatic carbocycles. The van der Waals surface area contributed by atoms with Gasteiger partial charge in [-0.1, -0.05) is 0 Å². The maximum Gasteiger partial charge on any atom is 0.401 e. The minimum atomic E-state index is -4.09. The fraction of sp³-hybridized carbons (Fsp3) is 0.800. The van der Waals surface area contributed by atoms with Gasteiger partial charge in [-0.2, -0.15) is 13.2 Å². The monoisotopic (exact) mass is 333 g/mol. The van der Waals surface area contributed by atoms with Crippen LogP contribution >= 0.6 is 11.3 Å². The summed E-state index contributed by atoms with van der Waals surface area (Å²) in [5.41, 5.74) is 1.28. The van der Waals surface area contributed by atoms with Crippen LogP contribution in [-0.2, 0) is 19.3 Å². The molecule has 0 saturated carbocycles. The summed E-state index contributed by atoms with van der Waals surface area (Å²) in [7, 11) is 0. The second-order valence-electron chi connectivity index (χ2n) is 6.22. The Kier molecular flexibility index (Phi) is 5.04. The number of nitrogens with one attached hydrogen (secondary N) is 1. The van der Waals surface area contributed by atoms with E-state index in [4.69, 9.17) is 4.98 Å². The molecule has 0 radical (unpaired) electrons. The van der Waals surface area contributed by atoms with E-state index in [0.29, 0.717) is 13.1 Å². The topological polar surface area (TPSA) is 28.2 Å². The molecule has 0 bridgehead atoms. The van der Waals surface area contributed by atoms with Gasteiger partial charge in [0, 0.05) is 37.0 Å². The lowest BCUT2D eigenvalue weighted by Crippen LogP contribution is -2.37. The van der Waals surface area contributed by atoms with Crippen molar-refractivity contribution in [3.63, 3.8) is 0 Å². The van der Waals surface area contributed by atoms with Crippen molar-refractivity contribution < 1.29 is 13.2 Å². The fourth-order valence-corrected chi connectivity index (χ4v) is 4.45. The zero-order valence-corrected chi connectivity index (χ0v) is 13.4. The molecule has 0 unspecified atom stereocenters. The zero-order chi connectivity index (χ0) is 15.6. The number of hydrogen-bond donors (Lipinski definition) is 1. The molecule has 2 heterocycles. The van der Waals surface area contributed by atoms with Crippen molar-refractivity contribution in [2.24, 2.45) is 0 Å². The second kappa shape index (κ2) is 6.84. The number of rotatable bonds is 5. The summed E-state index contributed by atoms with van der Waals surface area (Å²) in [6.07, 6.45) is 2.37. The minimum Gasteiger partial charge on any atom is -0.312 e. The summed E-state index contributed by atoms with van der Waals surface area (Å²) in [6, 6.07) is 0.178. The van der Waals surface area contributed by atoms with Crippen molar-refractivity contribution in [3.05, 3.63) is 15.6 Å². The van der Waals surface area contributed by atoms with Crippen LogP contribution in [0.2, 0.25) is 0 Å². The molecule has 1 saturated heterocycles. The molecule has 1 atom stereocenters. The summed E-state index contributed by atoms with van der Waals surface area (Å²) in [4.78, 5) is 7.63. The van der Waals surface area contributed by atoms with E-state index in [9.17, 15) is 13.2 Å². The summed E-state index contributed by atoms with van der Waals surface area (Å²) in [6.45, 7) is 1.04. The number of thiazole rings is 1. The van der Waals surface area contributed by atoms with Crippen molar-refractivity contribution in [2.45, 2.75) is 50.7 Å². The Balaban J connectivity index is 1.39. The van der Waals surface area contributed by atoms with Crippen LogP contribution < -0.4 is 5.32 Å². The first-order valence-corrected chi connectivity index (χ1v) is 8.81. The number of likely N-dealkylation sites (tertiary alicyclic amines) is 1. The predicted octanol–water partition coefficient (Wildman–Crippen LogP) is 2.79. The smallest absolute Gasteiger partial charge is 0.312 e. The van der Waals surface area contributed by atoms with Gasteiger partial charge >= 0.3 is 6.18 Å². The van der Waals surface area contributed by atoms with Crippen molar-refractivity contribution in [3.8, 4) is 0 Å². The molecule has 1 N–H and O–H groups in total. The Morgan fingerprint density at radius 2 is 2.09 bits per heavy atom. The van der Waals surface area contributed by atoms with Crippen LogP contribution in [0.15, 0.2) is 0 Å². The number of alkyl halides is 3. The lowest BCUT2D eigenvalue weighted by Gasteiger charge is -2.18. The number of hydrogen-bond acceptors (Lipinski definition) is 4. The highest BCUT2D eigenvalue weighted by molar-refractivity contribution is 7.11. The molecule has 0 aromatic carbocycles. The van der Waals surface area contributed by atoms with E-state index >= 15 is 0 Å². The van der Waals surface area contributed by atoms with Gasteiger partial charge in [-0.25, -0.2) is 4.98 Å². The highest BCUT2D eigenvalue weighted by Gasteiger charge is 2.34. The SMILES string of the molecule is FC(F)(F)CN1CC[C@H](NCCc2nc3c(s2)CCCC3)C1. The summed E-state index contributed by atoms with van der Waals surface area (Å²) >= 11 is 1.82. The zero-order valence-electron chi connectivity index (χ0n) is 12.6. The van der Waals surface area contributed by atoms with Crippen LogP contribution in [0.5, 0.6) is 0 Å². The Morgan fingerprint density at radius 1 is 1.27 bits per heavy atom. The summed E-state index contributed by atoms with van der Waals surface area (Å²) < 4.78 is 37.1. The van der Waals surface area contributed by atoms with Crippen molar-refractivity contribution in [1.82, 2.24) is 15.2 Å². The average Bonchev–Trinajstić information content (AvgIpc) is 3.03. The number of fused-ring (bicyclic) bond motifs is 1. The Bertz CT molecular complexity index is 477. The Morgan fingerprint density at radius 3 is 2.86 bits per heavy atom. The molecule has 1 aliphatic heterocycles. The van der Waals surface area contributed by atoms with Gasteiger partial charge in [-0.15, -0.1) is 11.3 Å². The van der Waals surface area contributed by atoms with Gasteiger partial charge in [0.15, 0.2) is 0 Å². The molecular formula is C15H22F3N3S. The van der Waals surface area contributed by atoms with Crippen molar-refractivity contribution in [2.75, 3.05) is 26.2 Å². The van der Waals surface area contributed by atoms with Crippen LogP contribution in [0.4, 0.5) is 13.2 Å². The molecule has 1 aromatic heterocycles. The lowest BCUT2D eigenvalue weighted by molar-refractivity contribution is -0.143. The van der Waals surface area contributed by atoms with Crippen molar-refractivity contribution >= 4 is 11.3 Å². The van der Waals surface area contributed by atoms with Crippen LogP contribution in [0.1, 0.15) is 34.8 Å². The van der Waals surface area contributed by atoms with Crippen LogP contribution in [0.3, 0.4) is 0 Å². The molecule has 0 spiro atoms. The van der Waals surface area contributed by atoms with Gasteiger partial charge in [0.2, 0.25) is 0 Å². The molecule has 1 aromatic rings. The molecule has 7 heteroatoms. The summed E-state index contributed by atoms with van der Waals surface area (Å²) in [5, 5.41) is 4.55. The molecule has 0 amide bonds. The maximum atomic E-state index is 12.4. The van der Waals surface area contributed by atoms with E-state index in [0.717, 1.165) is 32.2 Å². The first-order chi connectivity index (χ1) is 10.5. The third-order valence-corrected chi connectivity index (χ3v) is 5.55. The second-order valence-corrected chi connectivity index (χ2v) is 7.39. The number of aryl methyl sites for hydroxylation is 2. The van der Waals surface area contributed by atoms with E-state index in [1.54, 1.807) is 0 Å². The Labute approximate surface area is 132 Å². The predicted molar refractivity (Wildman–Crippen MR) is 81.4 cm³/mol. The third-order valence-electron chi connectivity index (χ3n) is 4.34. The van der Waals surface area contributed by atoms with Gasteiger partial charge < -0.3 is 5.32 Å². The van der Waals surface area contributed by atoms with E-state index in [1.165, 1.54) is 33.3 Å². The number of halogens is 3. The standard InChI is InChI=1S/C15H22F3N3S/c16-15(17,18)10-21-8-6-11(9-21)19-7-5-14-20-12-3-1-2-4-13(12)22-14/h11,19H,1-10H2/t11-/m0/s1. The molecule has 1 fully saturated rings. The molecule has 3 rings (SSSR count). The molecule has 3 nitrogen and oxygen atoms in total. The highest BCUT2D eigenvalue weighted by atomic mass is 32.1. The lowest BCUT2D eigenvalue weighted by atomic mass is 10.0. The summed E-state index contributed by atoms with van der Waals surface area (Å²) in [5.74, 6) is 0. The Hall–Kier alpha value is -0.660. The van der Waals surface area contributed by atoms with Gasteiger partial charge in [0.1, 0.15) is 0 Å². The first-order valence-electron chi connectivity index (χ1n) is 7.99. The fourth-order valence-electron chi connectivity index (χ4n) is 3.29. The normalized spacial score (nSPS) is 23.0. The van der Waals surface area contributed by atoms with Gasteiger partial charge in [0.05, 0.1) is 17.2 Å². The largest absolute Gasteiger partial charge is 0.401 e. The molecule has 2 aliphatic rings. The quantitative estimate of drug-likeness (QED) is 0.898. The minimum absolute atomic E-state index is 0.178. The average molecular weight is 333 g/mol. The van der Waals surface area contributed by atoms with Gasteiger partial charge in [-0.05, 0) is 32.1 Å². The first kappa shape index (κ1) is 16.2. The molecular weight excluding hydrogens is 311 g/mol. The van der Waals surface area contributed by atoms with Crippen LogP contribution in [-0.4, -0.2) is 48.3 Å². The number of aromatic nitrogens is 1. The molecule has 124 valence electrons. The van der Waals surface area contributed by atoms with Crippen molar-refractivity contribution in [1.29, 1.82) is 0 Å². The van der Waals surface area contributed by atoms with Gasteiger partial charge in [0.25, 0.3) is 0 Å². The maximum absolute atomic E-state index is 12.4. The highest BCUT2D eigenvalue weighted by Crippen LogP contribution is 2.26. The van der Waals surface area contributed by atoms with Crippen LogP contribution in [0.25, 0.3) is 0 Å². The van der Waals surface area contributed by atoms with Crippen LogP contribution in [0, 0.1) is 0 Å². The van der Waals surface area contributed by atoms with E-state index < -0.39 is 12.7 Å². The van der Waals surface area contributed by atoms with Gasteiger partial charge in [-0.3, -0.25) is 4.90 Å². The number of nitrogens with zero attached hydrogens (tertiary/aromatic N) is 2. The van der Waals surface area contributed by atoms with E-state index in [-0.39, 0.29) is 6.04 Å². The van der Waals surface area contributed by atoms with E-state index in [2.05, 4.69) is 5.32 Å². The molecule has 22 heavy (non-hydrogen) atoms. The van der Waals surface area contributed by atoms with E-state index in [1.807, 2.05) is 11.3 Å².